The predicted molar refractivity (Wildman–Crippen MR) is 128 cm³/mol. The molecule has 188 valence electrons. The molecule has 3 rings (SSSR count). The van der Waals surface area contributed by atoms with Crippen LogP contribution in [0.15, 0.2) is 53.5 Å². The van der Waals surface area contributed by atoms with Crippen molar-refractivity contribution in [2.45, 2.75) is 51.2 Å². The standard InChI is InChI=1S/C25H27ClF3N3O3/c1-2-35-24(34)31-20-12-6-16(7-13-20)14-22(30-21-5-3-4-19(26)15-21)32-23(33)17-8-10-18(11-9-17)25(27,28)29/h3-5,8-11,15-16,20H,2,6-7,12-14H2,1H3,(H,31,34)(H,30,32,33). The molecule has 0 bridgehead atoms. The Hall–Kier alpha value is -3.07. The highest BCUT2D eigenvalue weighted by Crippen LogP contribution is 2.30. The zero-order valence-electron chi connectivity index (χ0n) is 19.2. The molecule has 1 aliphatic carbocycles. The van der Waals surface area contributed by atoms with Gasteiger partial charge in [-0.1, -0.05) is 17.7 Å². The van der Waals surface area contributed by atoms with Gasteiger partial charge in [-0.3, -0.25) is 4.79 Å². The van der Waals surface area contributed by atoms with Crippen molar-refractivity contribution in [2.24, 2.45) is 10.9 Å². The van der Waals surface area contributed by atoms with E-state index in [0.29, 0.717) is 29.6 Å². The molecule has 0 heterocycles. The van der Waals surface area contributed by atoms with Gasteiger partial charge in [-0.05, 0) is 81.0 Å². The first-order valence-electron chi connectivity index (χ1n) is 11.4. The molecule has 1 saturated carbocycles. The van der Waals surface area contributed by atoms with Crippen LogP contribution in [0.3, 0.4) is 0 Å². The summed E-state index contributed by atoms with van der Waals surface area (Å²) >= 11 is 6.06. The third kappa shape index (κ3) is 8.28. The Balaban J connectivity index is 1.69. The topological polar surface area (TPSA) is 79.8 Å². The summed E-state index contributed by atoms with van der Waals surface area (Å²) in [5.74, 6) is 0.0669. The summed E-state index contributed by atoms with van der Waals surface area (Å²) in [6.07, 6.45) is -1.30. The molecule has 2 N–H and O–H groups in total. The van der Waals surface area contributed by atoms with Crippen molar-refractivity contribution in [3.8, 4) is 0 Å². The molecule has 2 aromatic rings. The summed E-state index contributed by atoms with van der Waals surface area (Å²) in [4.78, 5) is 29.0. The van der Waals surface area contributed by atoms with E-state index in [4.69, 9.17) is 16.3 Å². The van der Waals surface area contributed by atoms with E-state index in [1.54, 1.807) is 31.2 Å². The van der Waals surface area contributed by atoms with Gasteiger partial charge in [0, 0.05) is 23.0 Å². The van der Waals surface area contributed by atoms with Crippen molar-refractivity contribution >= 4 is 35.1 Å². The lowest BCUT2D eigenvalue weighted by Crippen LogP contribution is -2.39. The number of carbonyl (C=O) groups is 2. The SMILES string of the molecule is CCOC(=O)NC1CCC(CC(=Nc2cccc(Cl)c2)NC(=O)c2ccc(C(F)(F)F)cc2)CC1. The number of halogens is 4. The highest BCUT2D eigenvalue weighted by molar-refractivity contribution is 6.30. The molecule has 35 heavy (non-hydrogen) atoms. The van der Waals surface area contributed by atoms with E-state index in [1.807, 2.05) is 0 Å². The molecule has 1 aliphatic rings. The molecule has 6 nitrogen and oxygen atoms in total. The molecule has 0 spiro atoms. The van der Waals surface area contributed by atoms with E-state index in [-0.39, 0.29) is 17.5 Å². The van der Waals surface area contributed by atoms with Crippen molar-refractivity contribution in [3.63, 3.8) is 0 Å². The fourth-order valence-electron chi connectivity index (χ4n) is 3.96. The first-order valence-corrected chi connectivity index (χ1v) is 11.8. The second-order valence-corrected chi connectivity index (χ2v) is 8.79. The molecule has 2 aromatic carbocycles. The van der Waals surface area contributed by atoms with Gasteiger partial charge in [0.25, 0.3) is 5.91 Å². The number of aliphatic imine (C=N–C) groups is 1. The number of carbonyl (C=O) groups excluding carboxylic acids is 2. The number of alkyl carbamates (subject to hydrolysis) is 1. The number of amides is 2. The Bertz CT molecular complexity index is 1050. The normalized spacial score (nSPS) is 18.6. The first-order chi connectivity index (χ1) is 16.6. The number of rotatable bonds is 6. The molecule has 0 aliphatic heterocycles. The molecule has 10 heteroatoms. The molecule has 0 unspecified atom stereocenters. The minimum absolute atomic E-state index is 0.0281. The summed E-state index contributed by atoms with van der Waals surface area (Å²) in [6.45, 7) is 2.05. The average Bonchev–Trinajstić information content (AvgIpc) is 2.80. The third-order valence-electron chi connectivity index (χ3n) is 5.73. The van der Waals surface area contributed by atoms with E-state index >= 15 is 0 Å². The number of ether oxygens (including phenoxy) is 1. The van der Waals surface area contributed by atoms with Crippen molar-refractivity contribution in [3.05, 3.63) is 64.7 Å². The lowest BCUT2D eigenvalue weighted by molar-refractivity contribution is -0.137. The molecule has 0 radical (unpaired) electrons. The predicted octanol–water partition coefficient (Wildman–Crippen LogP) is 6.51. The highest BCUT2D eigenvalue weighted by atomic mass is 35.5. The zero-order chi connectivity index (χ0) is 25.4. The van der Waals surface area contributed by atoms with Gasteiger partial charge in [0.15, 0.2) is 0 Å². The Morgan fingerprint density at radius 1 is 1.09 bits per heavy atom. The third-order valence-corrected chi connectivity index (χ3v) is 5.97. The Morgan fingerprint density at radius 2 is 1.77 bits per heavy atom. The average molecular weight is 510 g/mol. The molecule has 0 saturated heterocycles. The van der Waals surface area contributed by atoms with Crippen molar-refractivity contribution in [1.82, 2.24) is 10.6 Å². The first kappa shape index (κ1) is 26.5. The quantitative estimate of drug-likeness (QED) is 0.344. The van der Waals surface area contributed by atoms with E-state index in [1.165, 1.54) is 0 Å². The van der Waals surface area contributed by atoms with Gasteiger partial charge in [0.2, 0.25) is 0 Å². The minimum atomic E-state index is -4.48. The van der Waals surface area contributed by atoms with Crippen LogP contribution >= 0.6 is 11.6 Å². The Kier molecular flexibility index (Phi) is 9.14. The van der Waals surface area contributed by atoms with Crippen LogP contribution in [0.4, 0.5) is 23.7 Å². The van der Waals surface area contributed by atoms with Crippen LogP contribution in [0.5, 0.6) is 0 Å². The largest absolute Gasteiger partial charge is 0.450 e. The van der Waals surface area contributed by atoms with Crippen molar-refractivity contribution in [2.75, 3.05) is 6.61 Å². The smallest absolute Gasteiger partial charge is 0.416 e. The summed E-state index contributed by atoms with van der Waals surface area (Å²) in [7, 11) is 0. The number of nitrogens with zero attached hydrogens (tertiary/aromatic N) is 1. The fraction of sp³-hybridized carbons (Fsp3) is 0.400. The number of benzene rings is 2. The maximum absolute atomic E-state index is 12.8. The van der Waals surface area contributed by atoms with Crippen LogP contribution in [0.1, 0.15) is 54.9 Å². The summed E-state index contributed by atoms with van der Waals surface area (Å²) in [5.41, 5.74) is -0.174. The second kappa shape index (κ2) is 12.1. The summed E-state index contributed by atoms with van der Waals surface area (Å²) in [5, 5.41) is 6.11. The monoisotopic (exact) mass is 509 g/mol. The van der Waals surface area contributed by atoms with Gasteiger partial charge in [-0.2, -0.15) is 13.2 Å². The number of hydrogen-bond acceptors (Lipinski definition) is 4. The van der Waals surface area contributed by atoms with Crippen LogP contribution < -0.4 is 10.6 Å². The Labute approximate surface area is 206 Å². The summed E-state index contributed by atoms with van der Waals surface area (Å²) in [6, 6.07) is 10.9. The lowest BCUT2D eigenvalue weighted by Gasteiger charge is -2.29. The molecular formula is C25H27ClF3N3O3. The maximum atomic E-state index is 12.8. The van der Waals surface area contributed by atoms with Crippen molar-refractivity contribution < 1.29 is 27.5 Å². The highest BCUT2D eigenvalue weighted by Gasteiger charge is 2.30. The van der Waals surface area contributed by atoms with E-state index in [0.717, 1.165) is 49.9 Å². The van der Waals surface area contributed by atoms with E-state index < -0.39 is 23.7 Å². The Morgan fingerprint density at radius 3 is 2.37 bits per heavy atom. The number of nitrogens with one attached hydrogen (secondary N) is 2. The van der Waals surface area contributed by atoms with Crippen LogP contribution in [0, 0.1) is 5.92 Å². The van der Waals surface area contributed by atoms with Gasteiger partial charge in [0.1, 0.15) is 5.84 Å². The minimum Gasteiger partial charge on any atom is -0.450 e. The second-order valence-electron chi connectivity index (χ2n) is 8.35. The molecule has 2 amide bonds. The zero-order valence-corrected chi connectivity index (χ0v) is 20.0. The van der Waals surface area contributed by atoms with Crippen LogP contribution in [-0.4, -0.2) is 30.5 Å². The lowest BCUT2D eigenvalue weighted by atomic mass is 9.84. The van der Waals surface area contributed by atoms with Gasteiger partial charge in [-0.15, -0.1) is 0 Å². The molecule has 1 fully saturated rings. The van der Waals surface area contributed by atoms with E-state index in [2.05, 4.69) is 15.6 Å². The molecule has 0 atom stereocenters. The van der Waals surface area contributed by atoms with Crippen LogP contribution in [0.2, 0.25) is 5.02 Å². The van der Waals surface area contributed by atoms with Gasteiger partial charge < -0.3 is 15.4 Å². The molecular weight excluding hydrogens is 483 g/mol. The molecule has 0 aromatic heterocycles. The number of amidine groups is 1. The van der Waals surface area contributed by atoms with Crippen molar-refractivity contribution in [1.29, 1.82) is 0 Å². The van der Waals surface area contributed by atoms with E-state index in [9.17, 15) is 22.8 Å². The van der Waals surface area contributed by atoms with Gasteiger partial charge in [0.05, 0.1) is 17.9 Å². The summed E-state index contributed by atoms with van der Waals surface area (Å²) < 4.78 is 43.5. The number of hydrogen-bond donors (Lipinski definition) is 2. The van der Waals surface area contributed by atoms with Crippen LogP contribution in [0.25, 0.3) is 0 Å². The maximum Gasteiger partial charge on any atom is 0.416 e. The fourth-order valence-corrected chi connectivity index (χ4v) is 4.15. The van der Waals surface area contributed by atoms with Crippen LogP contribution in [-0.2, 0) is 10.9 Å². The number of alkyl halides is 3. The van der Waals surface area contributed by atoms with Gasteiger partial charge in [-0.25, -0.2) is 9.79 Å². The van der Waals surface area contributed by atoms with Gasteiger partial charge >= 0.3 is 12.3 Å².